The van der Waals surface area contributed by atoms with Crippen LogP contribution in [0.5, 0.6) is 0 Å². The Balaban J connectivity index is 2.16. The van der Waals surface area contributed by atoms with Gasteiger partial charge in [-0.3, -0.25) is 0 Å². The Morgan fingerprint density at radius 2 is 1.75 bits per heavy atom. The number of anilines is 3. The van der Waals surface area contributed by atoms with Crippen molar-refractivity contribution < 1.29 is 0 Å². The van der Waals surface area contributed by atoms with Crippen LogP contribution < -0.4 is 10.2 Å². The van der Waals surface area contributed by atoms with Gasteiger partial charge in [0.1, 0.15) is 5.82 Å². The fourth-order valence-corrected chi connectivity index (χ4v) is 2.48. The Hall–Kier alpha value is -2.10. The third kappa shape index (κ3) is 4.95. The molecule has 0 atom stereocenters. The fraction of sp³-hybridized carbons (Fsp3) is 0.500. The average molecular weight is 326 g/mol. The number of hydrogen-bond donors (Lipinski definition) is 1. The molecule has 130 valence electrons. The highest BCUT2D eigenvalue weighted by Gasteiger charge is 2.13. The van der Waals surface area contributed by atoms with E-state index in [9.17, 15) is 0 Å². The van der Waals surface area contributed by atoms with Crippen LogP contribution in [0.4, 0.5) is 17.5 Å². The number of nitrogens with one attached hydrogen (secondary N) is 1. The molecule has 0 aliphatic rings. The summed E-state index contributed by atoms with van der Waals surface area (Å²) in [6, 6.07) is 10.5. The van der Waals surface area contributed by atoms with E-state index >= 15 is 0 Å². The second kappa shape index (κ2) is 7.65. The van der Waals surface area contributed by atoms with E-state index in [0.717, 1.165) is 36.1 Å². The number of hydrogen-bond acceptors (Lipinski definition) is 4. The van der Waals surface area contributed by atoms with E-state index in [1.54, 1.807) is 0 Å². The number of nitrogens with zero attached hydrogens (tertiary/aromatic N) is 3. The van der Waals surface area contributed by atoms with Crippen molar-refractivity contribution in [1.82, 2.24) is 9.97 Å². The molecule has 1 heterocycles. The Morgan fingerprint density at radius 3 is 2.33 bits per heavy atom. The van der Waals surface area contributed by atoms with Gasteiger partial charge in [0.05, 0.1) is 0 Å². The second-order valence-corrected chi connectivity index (χ2v) is 7.42. The SMILES string of the molecule is CCCCN(C)c1nc(C)cc(Nc2ccc(C(C)(C)C)cc2)n1. The van der Waals surface area contributed by atoms with Crippen LogP contribution in [0.2, 0.25) is 0 Å². The molecule has 0 bridgehead atoms. The Morgan fingerprint density at radius 1 is 1.08 bits per heavy atom. The number of benzene rings is 1. The highest BCUT2D eigenvalue weighted by molar-refractivity contribution is 5.58. The van der Waals surface area contributed by atoms with Crippen molar-refractivity contribution in [3.63, 3.8) is 0 Å². The number of aryl methyl sites for hydroxylation is 1. The van der Waals surface area contributed by atoms with E-state index in [-0.39, 0.29) is 5.41 Å². The van der Waals surface area contributed by atoms with Gasteiger partial charge in [-0.05, 0) is 36.5 Å². The zero-order chi connectivity index (χ0) is 17.7. The minimum atomic E-state index is 0.166. The van der Waals surface area contributed by atoms with E-state index in [4.69, 9.17) is 0 Å². The maximum absolute atomic E-state index is 4.66. The Kier molecular flexibility index (Phi) is 5.81. The van der Waals surface area contributed by atoms with Crippen molar-refractivity contribution in [1.29, 1.82) is 0 Å². The molecule has 1 aromatic heterocycles. The fourth-order valence-electron chi connectivity index (χ4n) is 2.48. The number of aromatic nitrogens is 2. The van der Waals surface area contributed by atoms with Crippen molar-refractivity contribution in [3.05, 3.63) is 41.6 Å². The standard InChI is InChI=1S/C20H30N4/c1-7-8-13-24(6)19-21-15(2)14-18(23-19)22-17-11-9-16(10-12-17)20(3,4)5/h9-12,14H,7-8,13H2,1-6H3,(H,21,22,23). The molecule has 24 heavy (non-hydrogen) atoms. The lowest BCUT2D eigenvalue weighted by Gasteiger charge is -2.20. The van der Waals surface area contributed by atoms with Gasteiger partial charge in [0.15, 0.2) is 0 Å². The molecule has 0 radical (unpaired) electrons. The van der Waals surface area contributed by atoms with Crippen LogP contribution in [-0.2, 0) is 5.41 Å². The molecule has 0 spiro atoms. The maximum atomic E-state index is 4.66. The van der Waals surface area contributed by atoms with Crippen LogP contribution in [0.25, 0.3) is 0 Å². The summed E-state index contributed by atoms with van der Waals surface area (Å²) in [4.78, 5) is 11.3. The zero-order valence-electron chi connectivity index (χ0n) is 15.8. The van der Waals surface area contributed by atoms with Gasteiger partial charge in [0, 0.05) is 31.0 Å². The van der Waals surface area contributed by atoms with E-state index in [2.05, 4.69) is 72.1 Å². The molecule has 0 aliphatic heterocycles. The Labute approximate surface area is 146 Å². The molecule has 2 aromatic rings. The lowest BCUT2D eigenvalue weighted by Crippen LogP contribution is -2.21. The highest BCUT2D eigenvalue weighted by atomic mass is 15.2. The molecule has 0 aliphatic carbocycles. The smallest absolute Gasteiger partial charge is 0.227 e. The minimum absolute atomic E-state index is 0.166. The van der Waals surface area contributed by atoms with Crippen LogP contribution >= 0.6 is 0 Å². The molecule has 1 N–H and O–H groups in total. The molecule has 4 heteroatoms. The minimum Gasteiger partial charge on any atom is -0.344 e. The van der Waals surface area contributed by atoms with Gasteiger partial charge in [-0.2, -0.15) is 4.98 Å². The third-order valence-electron chi connectivity index (χ3n) is 4.05. The molecule has 0 saturated carbocycles. The van der Waals surface area contributed by atoms with Crippen molar-refractivity contribution >= 4 is 17.5 Å². The second-order valence-electron chi connectivity index (χ2n) is 7.42. The molecular formula is C20H30N4. The summed E-state index contributed by atoms with van der Waals surface area (Å²) in [6.45, 7) is 11.8. The predicted molar refractivity (Wildman–Crippen MR) is 103 cm³/mol. The average Bonchev–Trinajstić information content (AvgIpc) is 2.51. The summed E-state index contributed by atoms with van der Waals surface area (Å²) < 4.78 is 0. The topological polar surface area (TPSA) is 41.1 Å². The molecule has 4 nitrogen and oxygen atoms in total. The van der Waals surface area contributed by atoms with Gasteiger partial charge in [0.2, 0.25) is 5.95 Å². The third-order valence-corrected chi connectivity index (χ3v) is 4.05. The molecular weight excluding hydrogens is 296 g/mol. The van der Waals surface area contributed by atoms with E-state index in [0.29, 0.717) is 0 Å². The van der Waals surface area contributed by atoms with Gasteiger partial charge in [-0.15, -0.1) is 0 Å². The van der Waals surface area contributed by atoms with Crippen LogP contribution in [0.1, 0.15) is 51.8 Å². The van der Waals surface area contributed by atoms with Crippen LogP contribution in [0.3, 0.4) is 0 Å². The lowest BCUT2D eigenvalue weighted by atomic mass is 9.87. The van der Waals surface area contributed by atoms with Gasteiger partial charge in [0.25, 0.3) is 0 Å². The number of rotatable bonds is 6. The quantitative estimate of drug-likeness (QED) is 0.805. The van der Waals surface area contributed by atoms with Gasteiger partial charge in [-0.25, -0.2) is 4.98 Å². The summed E-state index contributed by atoms with van der Waals surface area (Å²) in [6.07, 6.45) is 2.31. The van der Waals surface area contributed by atoms with Crippen LogP contribution in [0, 0.1) is 6.92 Å². The monoisotopic (exact) mass is 326 g/mol. The van der Waals surface area contributed by atoms with Crippen molar-refractivity contribution in [2.75, 3.05) is 23.8 Å². The van der Waals surface area contributed by atoms with Crippen LogP contribution in [-0.4, -0.2) is 23.6 Å². The maximum Gasteiger partial charge on any atom is 0.227 e. The Bertz CT molecular complexity index is 656. The summed E-state index contributed by atoms with van der Waals surface area (Å²) in [5, 5.41) is 3.40. The molecule has 0 saturated heterocycles. The summed E-state index contributed by atoms with van der Waals surface area (Å²) >= 11 is 0. The van der Waals surface area contributed by atoms with E-state index < -0.39 is 0 Å². The number of unbranched alkanes of at least 4 members (excludes halogenated alkanes) is 1. The summed E-state index contributed by atoms with van der Waals surface area (Å²) in [5.41, 5.74) is 3.51. The van der Waals surface area contributed by atoms with Gasteiger partial charge < -0.3 is 10.2 Å². The molecule has 0 amide bonds. The normalized spacial score (nSPS) is 11.4. The predicted octanol–water partition coefficient (Wildman–Crippen LogP) is 5.06. The van der Waals surface area contributed by atoms with Crippen molar-refractivity contribution in [2.24, 2.45) is 0 Å². The molecule has 0 fully saturated rings. The first-order valence-corrected chi connectivity index (χ1v) is 8.74. The van der Waals surface area contributed by atoms with Crippen molar-refractivity contribution in [2.45, 2.75) is 52.9 Å². The van der Waals surface area contributed by atoms with E-state index in [1.165, 1.54) is 12.0 Å². The summed E-state index contributed by atoms with van der Waals surface area (Å²) in [5.74, 6) is 1.61. The summed E-state index contributed by atoms with van der Waals surface area (Å²) in [7, 11) is 2.05. The first-order valence-electron chi connectivity index (χ1n) is 8.74. The van der Waals surface area contributed by atoms with E-state index in [1.807, 2.05) is 20.0 Å². The lowest BCUT2D eigenvalue weighted by molar-refractivity contribution is 0.590. The van der Waals surface area contributed by atoms with Gasteiger partial charge in [-0.1, -0.05) is 46.2 Å². The zero-order valence-corrected chi connectivity index (χ0v) is 15.8. The van der Waals surface area contributed by atoms with Crippen molar-refractivity contribution in [3.8, 4) is 0 Å². The largest absolute Gasteiger partial charge is 0.344 e. The first kappa shape index (κ1) is 18.2. The van der Waals surface area contributed by atoms with Crippen LogP contribution in [0.15, 0.2) is 30.3 Å². The van der Waals surface area contributed by atoms with Gasteiger partial charge >= 0.3 is 0 Å². The molecule has 1 aromatic carbocycles. The molecule has 2 rings (SSSR count). The highest BCUT2D eigenvalue weighted by Crippen LogP contribution is 2.25. The molecule has 0 unspecified atom stereocenters. The first-order chi connectivity index (χ1) is 11.3.